The third-order valence-corrected chi connectivity index (χ3v) is 6.31. The van der Waals surface area contributed by atoms with Crippen LogP contribution in [0, 0.1) is 11.8 Å². The van der Waals surface area contributed by atoms with Crippen molar-refractivity contribution in [3.8, 4) is 5.75 Å². The second-order valence-electron chi connectivity index (χ2n) is 8.47. The fourth-order valence-electron chi connectivity index (χ4n) is 4.92. The third-order valence-electron chi connectivity index (χ3n) is 6.31. The zero-order valence-electron chi connectivity index (χ0n) is 17.3. The van der Waals surface area contributed by atoms with Gasteiger partial charge in [-0.25, -0.2) is 9.50 Å². The zero-order valence-corrected chi connectivity index (χ0v) is 17.3. The van der Waals surface area contributed by atoms with Crippen LogP contribution < -0.4 is 4.74 Å². The van der Waals surface area contributed by atoms with Gasteiger partial charge in [0.1, 0.15) is 11.4 Å². The summed E-state index contributed by atoms with van der Waals surface area (Å²) in [5.74, 6) is -1.33. The lowest BCUT2D eigenvalue weighted by Crippen LogP contribution is -2.30. The number of fused-ring (bicyclic) bond motifs is 2. The predicted molar refractivity (Wildman–Crippen MR) is 104 cm³/mol. The van der Waals surface area contributed by atoms with Gasteiger partial charge in [-0.05, 0) is 48.3 Å². The van der Waals surface area contributed by atoms with E-state index in [9.17, 15) is 31.1 Å². The molecule has 13 heteroatoms. The Morgan fingerprint density at radius 2 is 1.65 bits per heavy atom. The number of carbonyl (C=O) groups excluding carboxylic acids is 1. The maximum atomic E-state index is 12.9. The Morgan fingerprint density at radius 1 is 0.971 bits per heavy atom. The lowest BCUT2D eigenvalue weighted by molar-refractivity contribution is -0.275. The molecule has 180 valence electrons. The third kappa shape index (κ3) is 4.26. The second kappa shape index (κ2) is 7.84. The molecule has 2 aromatic heterocycles. The SMILES string of the molecule is O=C(c1nc2nc(C(F)(F)F)ccn2n1)N1C[C@H]2CC(c3ccccc3OC(F)(F)F)C[C@H]2C1. The number of carbonyl (C=O) groups is 1. The highest BCUT2D eigenvalue weighted by atomic mass is 19.4. The van der Waals surface area contributed by atoms with Gasteiger partial charge in [-0.3, -0.25) is 4.79 Å². The number of para-hydroxylation sites is 1. The second-order valence-corrected chi connectivity index (χ2v) is 8.47. The fourth-order valence-corrected chi connectivity index (χ4v) is 4.92. The average Bonchev–Trinajstić information content (AvgIpc) is 3.44. The molecule has 0 spiro atoms. The molecule has 1 aliphatic carbocycles. The molecule has 2 aliphatic rings. The smallest absolute Gasteiger partial charge is 0.405 e. The van der Waals surface area contributed by atoms with E-state index in [0.29, 0.717) is 31.5 Å². The van der Waals surface area contributed by atoms with E-state index < -0.39 is 24.1 Å². The summed E-state index contributed by atoms with van der Waals surface area (Å²) < 4.78 is 82.0. The van der Waals surface area contributed by atoms with Crippen LogP contribution in [0.1, 0.15) is 40.6 Å². The van der Waals surface area contributed by atoms with E-state index in [1.165, 1.54) is 17.0 Å². The molecular weight excluding hydrogens is 468 g/mol. The van der Waals surface area contributed by atoms with Crippen molar-refractivity contribution in [2.75, 3.05) is 13.1 Å². The Hall–Kier alpha value is -3.38. The van der Waals surface area contributed by atoms with Gasteiger partial charge < -0.3 is 9.64 Å². The van der Waals surface area contributed by atoms with Crippen molar-refractivity contribution < 1.29 is 35.9 Å². The summed E-state index contributed by atoms with van der Waals surface area (Å²) in [7, 11) is 0. The lowest BCUT2D eigenvalue weighted by Gasteiger charge is -2.20. The number of alkyl halides is 6. The highest BCUT2D eigenvalue weighted by molar-refractivity contribution is 5.91. The van der Waals surface area contributed by atoms with Crippen LogP contribution in [0.25, 0.3) is 5.78 Å². The fraction of sp³-hybridized carbons (Fsp3) is 0.429. The van der Waals surface area contributed by atoms with Crippen molar-refractivity contribution in [2.45, 2.75) is 31.3 Å². The maximum Gasteiger partial charge on any atom is 0.573 e. The van der Waals surface area contributed by atoms with Crippen molar-refractivity contribution in [1.82, 2.24) is 24.5 Å². The van der Waals surface area contributed by atoms with Gasteiger partial charge in [-0.15, -0.1) is 18.3 Å². The van der Waals surface area contributed by atoms with Crippen LogP contribution in [-0.2, 0) is 6.18 Å². The number of amides is 1. The number of hydrogen-bond acceptors (Lipinski definition) is 5. The standard InChI is InChI=1S/C21H17F6N5O2/c22-20(23,24)16-5-6-32-19(28-16)29-17(30-32)18(33)31-9-12-7-11(8-13(12)10-31)14-3-1-2-4-15(14)34-21(25,26)27/h1-6,11-13H,7-10H2/t11?,12-,13+. The molecule has 1 saturated carbocycles. The van der Waals surface area contributed by atoms with E-state index in [0.717, 1.165) is 16.8 Å². The van der Waals surface area contributed by atoms with Gasteiger partial charge in [0.15, 0.2) is 0 Å². The minimum Gasteiger partial charge on any atom is -0.405 e. The van der Waals surface area contributed by atoms with E-state index in [4.69, 9.17) is 0 Å². The topological polar surface area (TPSA) is 72.6 Å². The van der Waals surface area contributed by atoms with Crippen molar-refractivity contribution in [2.24, 2.45) is 11.8 Å². The lowest BCUT2D eigenvalue weighted by atomic mass is 9.95. The molecule has 2 fully saturated rings. The largest absolute Gasteiger partial charge is 0.573 e. The predicted octanol–water partition coefficient (Wildman–Crippen LogP) is 4.31. The minimum atomic E-state index is -4.79. The van der Waals surface area contributed by atoms with Gasteiger partial charge in [0, 0.05) is 19.3 Å². The summed E-state index contributed by atoms with van der Waals surface area (Å²) in [4.78, 5) is 21.7. The van der Waals surface area contributed by atoms with E-state index in [1.807, 2.05) is 0 Å². The van der Waals surface area contributed by atoms with E-state index in [1.54, 1.807) is 12.1 Å². The Bertz CT molecular complexity index is 1230. The Kier molecular flexibility index (Phi) is 5.17. The van der Waals surface area contributed by atoms with Gasteiger partial charge in [0.05, 0.1) is 0 Å². The number of hydrogen-bond donors (Lipinski definition) is 0. The normalized spacial score (nSPS) is 22.9. The highest BCUT2D eigenvalue weighted by Gasteiger charge is 2.44. The van der Waals surface area contributed by atoms with Crippen LogP contribution in [-0.4, -0.2) is 49.8 Å². The number of nitrogens with zero attached hydrogens (tertiary/aromatic N) is 5. The van der Waals surface area contributed by atoms with E-state index in [-0.39, 0.29) is 35.1 Å². The van der Waals surface area contributed by atoms with E-state index in [2.05, 4.69) is 19.8 Å². The monoisotopic (exact) mass is 485 g/mol. The Labute approximate surface area is 188 Å². The average molecular weight is 485 g/mol. The summed E-state index contributed by atoms with van der Waals surface area (Å²) in [6, 6.07) is 6.81. The Balaban J connectivity index is 1.28. The number of rotatable bonds is 3. The molecule has 3 aromatic rings. The van der Waals surface area contributed by atoms with Crippen LogP contribution in [0.4, 0.5) is 26.3 Å². The number of ether oxygens (including phenoxy) is 1. The molecule has 0 bridgehead atoms. The molecular formula is C21H17F6N5O2. The number of benzene rings is 1. The summed E-state index contributed by atoms with van der Waals surface area (Å²) in [6.45, 7) is 0.720. The summed E-state index contributed by atoms with van der Waals surface area (Å²) in [6.07, 6.45) is -7.22. The van der Waals surface area contributed by atoms with Crippen molar-refractivity contribution >= 4 is 11.7 Å². The molecule has 1 saturated heterocycles. The maximum absolute atomic E-state index is 12.9. The molecule has 1 unspecified atom stereocenters. The first-order valence-electron chi connectivity index (χ1n) is 10.4. The van der Waals surface area contributed by atoms with Gasteiger partial charge in [-0.1, -0.05) is 18.2 Å². The first-order valence-corrected chi connectivity index (χ1v) is 10.4. The molecule has 0 N–H and O–H groups in total. The molecule has 34 heavy (non-hydrogen) atoms. The quantitative estimate of drug-likeness (QED) is 0.517. The summed E-state index contributed by atoms with van der Waals surface area (Å²) in [5, 5.41) is 3.94. The minimum absolute atomic E-state index is 0.0693. The summed E-state index contributed by atoms with van der Waals surface area (Å²) >= 11 is 0. The van der Waals surface area contributed by atoms with Crippen LogP contribution in [0.3, 0.4) is 0 Å². The zero-order chi connectivity index (χ0) is 24.3. The van der Waals surface area contributed by atoms with Crippen molar-refractivity contribution in [3.05, 3.63) is 53.6 Å². The number of aromatic nitrogens is 4. The summed E-state index contributed by atoms with van der Waals surface area (Å²) in [5.41, 5.74) is -0.649. The van der Waals surface area contributed by atoms with Crippen LogP contribution >= 0.6 is 0 Å². The molecule has 1 amide bonds. The highest BCUT2D eigenvalue weighted by Crippen LogP contribution is 2.48. The van der Waals surface area contributed by atoms with Gasteiger partial charge in [0.25, 0.3) is 11.7 Å². The van der Waals surface area contributed by atoms with Crippen LogP contribution in [0.15, 0.2) is 36.5 Å². The molecule has 5 rings (SSSR count). The molecule has 3 heterocycles. The van der Waals surface area contributed by atoms with Gasteiger partial charge in [-0.2, -0.15) is 18.2 Å². The van der Waals surface area contributed by atoms with Gasteiger partial charge in [0.2, 0.25) is 5.82 Å². The van der Waals surface area contributed by atoms with Crippen molar-refractivity contribution in [1.29, 1.82) is 0 Å². The molecule has 1 aromatic carbocycles. The first kappa shape index (κ1) is 22.4. The Morgan fingerprint density at radius 3 is 2.29 bits per heavy atom. The van der Waals surface area contributed by atoms with Crippen LogP contribution in [0.2, 0.25) is 0 Å². The molecule has 3 atom stereocenters. The molecule has 7 nitrogen and oxygen atoms in total. The van der Waals surface area contributed by atoms with E-state index >= 15 is 0 Å². The van der Waals surface area contributed by atoms with Crippen LogP contribution in [0.5, 0.6) is 5.75 Å². The molecule has 1 aliphatic heterocycles. The van der Waals surface area contributed by atoms with Gasteiger partial charge >= 0.3 is 12.5 Å². The number of halogens is 6. The first-order chi connectivity index (χ1) is 16.0. The number of likely N-dealkylation sites (tertiary alicyclic amines) is 1. The molecule has 0 radical (unpaired) electrons. The van der Waals surface area contributed by atoms with Crippen molar-refractivity contribution in [3.63, 3.8) is 0 Å².